The highest BCUT2D eigenvalue weighted by Crippen LogP contribution is 2.20. The molecule has 8 heteroatoms. The Balaban J connectivity index is 1.56. The molecule has 2 aliphatic rings. The van der Waals surface area contributed by atoms with Crippen molar-refractivity contribution in [1.82, 2.24) is 16.0 Å². The van der Waals surface area contributed by atoms with Gasteiger partial charge in [0, 0.05) is 17.8 Å². The molecule has 2 saturated carbocycles. The van der Waals surface area contributed by atoms with Crippen molar-refractivity contribution < 1.29 is 18.8 Å². The van der Waals surface area contributed by atoms with Crippen molar-refractivity contribution in [2.24, 2.45) is 0 Å². The molecular formula is C17H21FN4O3. The summed E-state index contributed by atoms with van der Waals surface area (Å²) in [5, 5.41) is 10.6. The normalized spacial score (nSPS) is 17.3. The number of halogens is 1. The molecule has 2 fully saturated rings. The maximum absolute atomic E-state index is 12.9. The third-order valence-corrected chi connectivity index (χ3v) is 3.98. The summed E-state index contributed by atoms with van der Waals surface area (Å²) in [5.41, 5.74) is 0.391. The van der Waals surface area contributed by atoms with Gasteiger partial charge in [-0.1, -0.05) is 0 Å². The summed E-state index contributed by atoms with van der Waals surface area (Å²) in [5.74, 6) is -1.05. The maximum Gasteiger partial charge on any atom is 0.319 e. The molecule has 0 aromatic heterocycles. The van der Waals surface area contributed by atoms with Gasteiger partial charge in [0.25, 0.3) is 0 Å². The summed E-state index contributed by atoms with van der Waals surface area (Å²) >= 11 is 0. The van der Waals surface area contributed by atoms with Crippen molar-refractivity contribution >= 4 is 23.5 Å². The molecule has 0 radical (unpaired) electrons. The molecule has 1 aromatic carbocycles. The zero-order valence-electron chi connectivity index (χ0n) is 13.7. The van der Waals surface area contributed by atoms with Gasteiger partial charge in [0.05, 0.1) is 6.42 Å². The third-order valence-electron chi connectivity index (χ3n) is 3.98. The molecule has 4 N–H and O–H groups in total. The summed E-state index contributed by atoms with van der Waals surface area (Å²) in [6.07, 6.45) is 3.60. The molecule has 1 unspecified atom stereocenters. The van der Waals surface area contributed by atoms with E-state index in [0.717, 1.165) is 25.7 Å². The second-order valence-electron chi connectivity index (χ2n) is 6.49. The first-order valence-corrected chi connectivity index (χ1v) is 8.42. The molecule has 3 rings (SSSR count). The number of carbonyl (C=O) groups excluding carboxylic acids is 3. The van der Waals surface area contributed by atoms with Crippen LogP contribution in [0, 0.1) is 5.82 Å². The van der Waals surface area contributed by atoms with Crippen molar-refractivity contribution in [3.63, 3.8) is 0 Å². The molecule has 4 amide bonds. The van der Waals surface area contributed by atoms with E-state index < -0.39 is 17.9 Å². The Kier molecular flexibility index (Phi) is 5.16. The molecule has 0 heterocycles. The second-order valence-corrected chi connectivity index (χ2v) is 6.49. The van der Waals surface area contributed by atoms with Crippen LogP contribution in [0.1, 0.15) is 32.1 Å². The van der Waals surface area contributed by atoms with Crippen molar-refractivity contribution in [2.75, 3.05) is 5.32 Å². The average Bonchev–Trinajstić information content (AvgIpc) is 3.46. The van der Waals surface area contributed by atoms with E-state index in [4.69, 9.17) is 0 Å². The van der Waals surface area contributed by atoms with Crippen LogP contribution in [0.2, 0.25) is 0 Å². The Morgan fingerprint density at radius 3 is 2.20 bits per heavy atom. The van der Waals surface area contributed by atoms with Crippen LogP contribution in [0.5, 0.6) is 0 Å². The standard InChI is InChI=1S/C17H21FN4O3/c18-10-1-3-13(4-2-10)21-17(25)22-14(16(24)20-12-7-8-12)9-15(23)19-11-5-6-11/h1-4,11-12,14H,5-9H2,(H,19,23)(H,20,24)(H2,21,22,25). The first kappa shape index (κ1) is 17.2. The number of urea groups is 1. The summed E-state index contributed by atoms with van der Waals surface area (Å²) in [6, 6.07) is 3.99. The minimum atomic E-state index is -0.959. The highest BCUT2D eigenvalue weighted by molar-refractivity contribution is 5.96. The molecule has 0 spiro atoms. The van der Waals surface area contributed by atoms with Crippen LogP contribution in [0.3, 0.4) is 0 Å². The summed E-state index contributed by atoms with van der Waals surface area (Å²) in [6.45, 7) is 0. The second kappa shape index (κ2) is 7.50. The van der Waals surface area contributed by atoms with Crippen LogP contribution in [0.15, 0.2) is 24.3 Å². The Morgan fingerprint density at radius 2 is 1.60 bits per heavy atom. The Labute approximate surface area is 144 Å². The lowest BCUT2D eigenvalue weighted by molar-refractivity contribution is -0.128. The zero-order valence-corrected chi connectivity index (χ0v) is 13.7. The van der Waals surface area contributed by atoms with E-state index >= 15 is 0 Å². The number of anilines is 1. The van der Waals surface area contributed by atoms with Gasteiger partial charge in [-0.2, -0.15) is 0 Å². The highest BCUT2D eigenvalue weighted by atomic mass is 19.1. The zero-order chi connectivity index (χ0) is 17.8. The van der Waals surface area contributed by atoms with E-state index in [1.807, 2.05) is 0 Å². The van der Waals surface area contributed by atoms with E-state index in [9.17, 15) is 18.8 Å². The predicted octanol–water partition coefficient (Wildman–Crippen LogP) is 1.26. The fraction of sp³-hybridized carbons (Fsp3) is 0.471. The van der Waals surface area contributed by atoms with Crippen molar-refractivity contribution in [3.8, 4) is 0 Å². The quantitative estimate of drug-likeness (QED) is 0.597. The number of amides is 4. The van der Waals surface area contributed by atoms with Crippen molar-refractivity contribution in [2.45, 2.75) is 50.2 Å². The predicted molar refractivity (Wildman–Crippen MR) is 89.3 cm³/mol. The van der Waals surface area contributed by atoms with Crippen LogP contribution >= 0.6 is 0 Å². The van der Waals surface area contributed by atoms with Gasteiger partial charge >= 0.3 is 6.03 Å². The first-order chi connectivity index (χ1) is 12.0. The van der Waals surface area contributed by atoms with E-state index in [1.165, 1.54) is 24.3 Å². The lowest BCUT2D eigenvalue weighted by atomic mass is 10.1. The fourth-order valence-electron chi connectivity index (χ4n) is 2.30. The lowest BCUT2D eigenvalue weighted by Crippen LogP contribution is -2.50. The maximum atomic E-state index is 12.9. The molecular weight excluding hydrogens is 327 g/mol. The van der Waals surface area contributed by atoms with Crippen LogP contribution in [0.25, 0.3) is 0 Å². The van der Waals surface area contributed by atoms with Crippen LogP contribution in [-0.4, -0.2) is 36.0 Å². The summed E-state index contributed by atoms with van der Waals surface area (Å²) in [4.78, 5) is 36.4. The van der Waals surface area contributed by atoms with Gasteiger partial charge in [-0.3, -0.25) is 9.59 Å². The number of hydrogen-bond donors (Lipinski definition) is 4. The first-order valence-electron chi connectivity index (χ1n) is 8.42. The largest absolute Gasteiger partial charge is 0.353 e. The number of rotatable bonds is 7. The summed E-state index contributed by atoms with van der Waals surface area (Å²) < 4.78 is 12.9. The smallest absolute Gasteiger partial charge is 0.319 e. The Bertz CT molecular complexity index is 656. The van der Waals surface area contributed by atoms with Crippen LogP contribution < -0.4 is 21.3 Å². The molecule has 0 aliphatic heterocycles. The van der Waals surface area contributed by atoms with Crippen molar-refractivity contribution in [3.05, 3.63) is 30.1 Å². The molecule has 0 saturated heterocycles. The van der Waals surface area contributed by atoms with Gasteiger partial charge in [0.2, 0.25) is 11.8 Å². The van der Waals surface area contributed by atoms with Gasteiger partial charge in [-0.05, 0) is 49.9 Å². The van der Waals surface area contributed by atoms with Gasteiger partial charge in [-0.25, -0.2) is 9.18 Å². The Hall–Kier alpha value is -2.64. The van der Waals surface area contributed by atoms with E-state index in [1.54, 1.807) is 0 Å². The van der Waals surface area contributed by atoms with E-state index in [0.29, 0.717) is 5.69 Å². The molecule has 1 atom stereocenters. The average molecular weight is 348 g/mol. The molecule has 0 bridgehead atoms. The van der Waals surface area contributed by atoms with Crippen LogP contribution in [-0.2, 0) is 9.59 Å². The lowest BCUT2D eigenvalue weighted by Gasteiger charge is -2.18. The Morgan fingerprint density at radius 1 is 1.00 bits per heavy atom. The minimum Gasteiger partial charge on any atom is -0.353 e. The number of nitrogens with one attached hydrogen (secondary N) is 4. The van der Waals surface area contributed by atoms with Gasteiger partial charge in [-0.15, -0.1) is 0 Å². The van der Waals surface area contributed by atoms with Gasteiger partial charge < -0.3 is 21.3 Å². The van der Waals surface area contributed by atoms with Gasteiger partial charge in [0.15, 0.2) is 0 Å². The van der Waals surface area contributed by atoms with E-state index in [2.05, 4.69) is 21.3 Å². The molecule has 2 aliphatic carbocycles. The van der Waals surface area contributed by atoms with Crippen LogP contribution in [0.4, 0.5) is 14.9 Å². The molecule has 25 heavy (non-hydrogen) atoms. The third kappa shape index (κ3) is 5.74. The van der Waals surface area contributed by atoms with E-state index in [-0.39, 0.29) is 30.3 Å². The minimum absolute atomic E-state index is 0.119. The molecule has 134 valence electrons. The number of benzene rings is 1. The highest BCUT2D eigenvalue weighted by Gasteiger charge is 2.31. The van der Waals surface area contributed by atoms with Crippen molar-refractivity contribution in [1.29, 1.82) is 0 Å². The molecule has 1 aromatic rings. The van der Waals surface area contributed by atoms with Gasteiger partial charge in [0.1, 0.15) is 11.9 Å². The monoisotopic (exact) mass is 348 g/mol. The number of carbonyl (C=O) groups is 3. The number of hydrogen-bond acceptors (Lipinski definition) is 3. The molecule has 7 nitrogen and oxygen atoms in total. The fourth-order valence-corrected chi connectivity index (χ4v) is 2.30. The topological polar surface area (TPSA) is 99.3 Å². The summed E-state index contributed by atoms with van der Waals surface area (Å²) in [7, 11) is 0. The SMILES string of the molecule is O=C(CC(NC(=O)Nc1ccc(F)cc1)C(=O)NC1CC1)NC1CC1.